The Kier molecular flexibility index (Phi) is 3.50. The van der Waals surface area contributed by atoms with Gasteiger partial charge in [-0.1, -0.05) is 45.0 Å². The average molecular weight is 257 g/mol. The Hall–Kier alpha value is -1.61. The van der Waals surface area contributed by atoms with Crippen molar-refractivity contribution in [1.29, 1.82) is 0 Å². The van der Waals surface area contributed by atoms with E-state index in [1.54, 1.807) is 0 Å². The van der Waals surface area contributed by atoms with Crippen molar-refractivity contribution in [2.45, 2.75) is 39.7 Å². The Balaban J connectivity index is 2.49. The van der Waals surface area contributed by atoms with E-state index in [-0.39, 0.29) is 5.41 Å². The number of benzene rings is 1. The molecular weight excluding hydrogens is 234 g/mol. The number of hydrogen-bond acceptors (Lipinski definition) is 2. The summed E-state index contributed by atoms with van der Waals surface area (Å²) in [7, 11) is 1.95. The Morgan fingerprint density at radius 1 is 1.16 bits per heavy atom. The first-order chi connectivity index (χ1) is 8.84. The third kappa shape index (κ3) is 2.56. The second kappa shape index (κ2) is 4.82. The van der Waals surface area contributed by atoms with Crippen LogP contribution < -0.4 is 5.73 Å². The molecule has 0 radical (unpaired) electrons. The summed E-state index contributed by atoms with van der Waals surface area (Å²) in [6.45, 7) is 9.22. The van der Waals surface area contributed by atoms with E-state index in [1.165, 1.54) is 16.7 Å². The number of hydrogen-bond donors (Lipinski definition) is 1. The molecule has 0 saturated heterocycles. The first kappa shape index (κ1) is 13.8. The fraction of sp³-hybridized carbons (Fsp3) is 0.438. The van der Waals surface area contributed by atoms with Gasteiger partial charge in [-0.3, -0.25) is 4.68 Å². The van der Waals surface area contributed by atoms with Gasteiger partial charge in [-0.05, 0) is 23.5 Å². The first-order valence-electron chi connectivity index (χ1n) is 6.68. The van der Waals surface area contributed by atoms with Crippen LogP contribution in [0.4, 0.5) is 0 Å². The van der Waals surface area contributed by atoms with Crippen LogP contribution in [0.2, 0.25) is 0 Å². The van der Waals surface area contributed by atoms with Crippen LogP contribution in [0.3, 0.4) is 0 Å². The van der Waals surface area contributed by atoms with Crippen molar-refractivity contribution in [2.75, 3.05) is 0 Å². The second-order valence-electron chi connectivity index (χ2n) is 6.06. The molecule has 0 atom stereocenters. The zero-order valence-corrected chi connectivity index (χ0v) is 12.5. The molecule has 0 aliphatic carbocycles. The Morgan fingerprint density at radius 2 is 1.74 bits per heavy atom. The molecule has 1 aromatic heterocycles. The molecule has 3 nitrogen and oxygen atoms in total. The molecule has 19 heavy (non-hydrogen) atoms. The first-order valence-corrected chi connectivity index (χ1v) is 6.68. The minimum Gasteiger partial charge on any atom is -0.325 e. The highest BCUT2D eigenvalue weighted by atomic mass is 15.3. The second-order valence-corrected chi connectivity index (χ2v) is 6.06. The lowest BCUT2D eigenvalue weighted by molar-refractivity contribution is 0.590. The minimum atomic E-state index is 0.180. The van der Waals surface area contributed by atoms with Crippen LogP contribution >= 0.6 is 0 Å². The minimum absolute atomic E-state index is 0.180. The van der Waals surface area contributed by atoms with E-state index >= 15 is 0 Å². The van der Waals surface area contributed by atoms with E-state index in [2.05, 4.69) is 50.1 Å². The maximum atomic E-state index is 5.84. The Bertz CT molecular complexity index is 571. The normalized spacial score (nSPS) is 11.9. The molecule has 1 heterocycles. The largest absolute Gasteiger partial charge is 0.325 e. The van der Waals surface area contributed by atoms with Gasteiger partial charge in [0.25, 0.3) is 0 Å². The summed E-state index contributed by atoms with van der Waals surface area (Å²) in [4.78, 5) is 0. The summed E-state index contributed by atoms with van der Waals surface area (Å²) in [6.07, 6.45) is 0. The summed E-state index contributed by atoms with van der Waals surface area (Å²) in [5.74, 6) is 0. The van der Waals surface area contributed by atoms with E-state index in [0.717, 1.165) is 11.4 Å². The smallest absolute Gasteiger partial charge is 0.0675 e. The molecule has 2 rings (SSSR count). The lowest BCUT2D eigenvalue weighted by atomic mass is 9.86. The van der Waals surface area contributed by atoms with Gasteiger partial charge in [0, 0.05) is 19.2 Å². The highest BCUT2D eigenvalue weighted by Gasteiger charge is 2.16. The fourth-order valence-corrected chi connectivity index (χ4v) is 2.45. The third-order valence-electron chi connectivity index (χ3n) is 3.57. The van der Waals surface area contributed by atoms with Gasteiger partial charge in [0.15, 0.2) is 0 Å². The number of nitrogens with two attached hydrogens (primary N) is 1. The van der Waals surface area contributed by atoms with Crippen molar-refractivity contribution in [2.24, 2.45) is 12.8 Å². The van der Waals surface area contributed by atoms with Gasteiger partial charge in [0.05, 0.1) is 11.4 Å². The monoisotopic (exact) mass is 257 g/mol. The standard InChI is InChI=1S/C16H23N3/c1-11-15(14(10-17)19(5)18-11)12-6-8-13(9-7-12)16(2,3)4/h6-9H,10,17H2,1-5H3. The molecule has 0 fully saturated rings. The van der Waals surface area contributed by atoms with Gasteiger partial charge < -0.3 is 5.73 Å². The summed E-state index contributed by atoms with van der Waals surface area (Å²) in [5, 5.41) is 4.47. The van der Waals surface area contributed by atoms with Gasteiger partial charge in [0.2, 0.25) is 0 Å². The predicted molar refractivity (Wildman–Crippen MR) is 80.0 cm³/mol. The van der Waals surface area contributed by atoms with E-state index in [4.69, 9.17) is 5.73 Å². The molecule has 0 unspecified atom stereocenters. The van der Waals surface area contributed by atoms with Crippen molar-refractivity contribution in [1.82, 2.24) is 9.78 Å². The molecular formula is C16H23N3. The lowest BCUT2D eigenvalue weighted by Crippen LogP contribution is -2.10. The van der Waals surface area contributed by atoms with Crippen molar-refractivity contribution in [3.63, 3.8) is 0 Å². The van der Waals surface area contributed by atoms with Crippen LogP contribution in [0.1, 0.15) is 37.7 Å². The molecule has 0 aliphatic heterocycles. The van der Waals surface area contributed by atoms with Crippen molar-refractivity contribution < 1.29 is 0 Å². The van der Waals surface area contributed by atoms with E-state index < -0.39 is 0 Å². The topological polar surface area (TPSA) is 43.8 Å². The lowest BCUT2D eigenvalue weighted by Gasteiger charge is -2.19. The van der Waals surface area contributed by atoms with Crippen molar-refractivity contribution >= 4 is 0 Å². The molecule has 0 spiro atoms. The molecule has 102 valence electrons. The number of nitrogens with zero attached hydrogens (tertiary/aromatic N) is 2. The maximum Gasteiger partial charge on any atom is 0.0675 e. The van der Waals surface area contributed by atoms with Crippen LogP contribution in [0.5, 0.6) is 0 Å². The van der Waals surface area contributed by atoms with E-state index in [1.807, 2.05) is 18.7 Å². The van der Waals surface area contributed by atoms with Crippen molar-refractivity contribution in [3.05, 3.63) is 41.2 Å². The average Bonchev–Trinajstić information content (AvgIpc) is 2.62. The van der Waals surface area contributed by atoms with Crippen LogP contribution in [-0.2, 0) is 19.0 Å². The van der Waals surface area contributed by atoms with Crippen LogP contribution in [0, 0.1) is 6.92 Å². The molecule has 0 amide bonds. The predicted octanol–water partition coefficient (Wildman–Crippen LogP) is 3.15. The number of rotatable bonds is 2. The van der Waals surface area contributed by atoms with Crippen LogP contribution in [-0.4, -0.2) is 9.78 Å². The Labute approximate surface area is 115 Å². The van der Waals surface area contributed by atoms with Gasteiger partial charge >= 0.3 is 0 Å². The zero-order chi connectivity index (χ0) is 14.2. The molecule has 2 N–H and O–H groups in total. The summed E-state index contributed by atoms with van der Waals surface area (Å²) >= 11 is 0. The van der Waals surface area contributed by atoms with Gasteiger partial charge in [-0.25, -0.2) is 0 Å². The Morgan fingerprint density at radius 3 is 2.21 bits per heavy atom. The zero-order valence-electron chi connectivity index (χ0n) is 12.5. The summed E-state index contributed by atoms with van der Waals surface area (Å²) < 4.78 is 1.88. The molecule has 0 aliphatic rings. The molecule has 0 saturated carbocycles. The van der Waals surface area contributed by atoms with Gasteiger partial charge in [-0.15, -0.1) is 0 Å². The van der Waals surface area contributed by atoms with Crippen LogP contribution in [0.15, 0.2) is 24.3 Å². The number of aromatic nitrogens is 2. The summed E-state index contributed by atoms with van der Waals surface area (Å²) in [5.41, 5.74) is 11.8. The highest BCUT2D eigenvalue weighted by Crippen LogP contribution is 2.29. The maximum absolute atomic E-state index is 5.84. The number of aryl methyl sites for hydroxylation is 2. The quantitative estimate of drug-likeness (QED) is 0.898. The molecule has 2 aromatic rings. The SMILES string of the molecule is Cc1nn(C)c(CN)c1-c1ccc(C(C)(C)C)cc1. The summed E-state index contributed by atoms with van der Waals surface area (Å²) in [6, 6.07) is 8.73. The van der Waals surface area contributed by atoms with E-state index in [9.17, 15) is 0 Å². The molecule has 3 heteroatoms. The fourth-order valence-electron chi connectivity index (χ4n) is 2.45. The molecule has 1 aromatic carbocycles. The van der Waals surface area contributed by atoms with Crippen molar-refractivity contribution in [3.8, 4) is 11.1 Å². The molecule has 0 bridgehead atoms. The van der Waals surface area contributed by atoms with E-state index in [0.29, 0.717) is 6.54 Å². The third-order valence-corrected chi connectivity index (χ3v) is 3.57. The van der Waals surface area contributed by atoms with Gasteiger partial charge in [-0.2, -0.15) is 5.10 Å². The van der Waals surface area contributed by atoms with Crippen LogP contribution in [0.25, 0.3) is 11.1 Å². The highest BCUT2D eigenvalue weighted by molar-refractivity contribution is 5.69. The van der Waals surface area contributed by atoms with Gasteiger partial charge in [0.1, 0.15) is 0 Å².